The minimum Gasteiger partial charge on any atom is -0.497 e. The van der Waals surface area contributed by atoms with E-state index in [1.54, 1.807) is 12.0 Å². The molecule has 2 aromatic rings. The summed E-state index contributed by atoms with van der Waals surface area (Å²) in [7, 11) is -1.62. The van der Waals surface area contributed by atoms with Crippen LogP contribution >= 0.6 is 23.2 Å². The van der Waals surface area contributed by atoms with Crippen molar-refractivity contribution in [3.63, 3.8) is 0 Å². The van der Waals surface area contributed by atoms with Crippen molar-refractivity contribution in [3.05, 3.63) is 57.6 Å². The molecule has 1 aliphatic rings. The minimum absolute atomic E-state index is 0.0604. The molecule has 1 aliphatic heterocycles. The quantitative estimate of drug-likeness (QED) is 0.545. The van der Waals surface area contributed by atoms with Crippen LogP contribution in [0.1, 0.15) is 35.7 Å². The van der Waals surface area contributed by atoms with E-state index in [9.17, 15) is 13.2 Å². The summed E-state index contributed by atoms with van der Waals surface area (Å²) in [6.45, 7) is 2.65. The molecule has 0 bridgehead atoms. The Morgan fingerprint density at radius 3 is 2.48 bits per heavy atom. The highest BCUT2D eigenvalue weighted by molar-refractivity contribution is 7.91. The Labute approximate surface area is 193 Å². The van der Waals surface area contributed by atoms with Gasteiger partial charge in [0.05, 0.1) is 35.3 Å². The Balaban J connectivity index is 1.94. The van der Waals surface area contributed by atoms with E-state index in [2.05, 4.69) is 0 Å². The van der Waals surface area contributed by atoms with Gasteiger partial charge in [0.1, 0.15) is 5.75 Å². The van der Waals surface area contributed by atoms with Gasteiger partial charge in [0.2, 0.25) is 0 Å². The molecule has 1 heterocycles. The maximum absolute atomic E-state index is 13.5. The standard InChI is InChI=1S/C22H25Cl2NO5S/c1-3-8-30-21-19(23)11-16(12-20(21)24)22(26)25(17-7-9-31(27,28)14-17)13-15-5-4-6-18(10-15)29-2/h4-6,10-12,17H,3,7-9,13-14H2,1-2H3/t17-/m0/s1. The number of hydrogen-bond donors (Lipinski definition) is 0. The Morgan fingerprint density at radius 2 is 1.90 bits per heavy atom. The van der Waals surface area contributed by atoms with Crippen molar-refractivity contribution >= 4 is 38.9 Å². The number of rotatable bonds is 8. The second kappa shape index (κ2) is 10.1. The molecule has 9 heteroatoms. The molecule has 1 atom stereocenters. The number of methoxy groups -OCH3 is 1. The van der Waals surface area contributed by atoms with Gasteiger partial charge in [-0.2, -0.15) is 0 Å². The van der Waals surface area contributed by atoms with Crippen LogP contribution in [0.4, 0.5) is 0 Å². The molecule has 0 saturated carbocycles. The normalized spacial score (nSPS) is 17.4. The molecule has 1 fully saturated rings. The lowest BCUT2D eigenvalue weighted by Gasteiger charge is -2.29. The number of nitrogens with zero attached hydrogens (tertiary/aromatic N) is 1. The maximum atomic E-state index is 13.5. The zero-order valence-corrected chi connectivity index (χ0v) is 19.8. The molecule has 3 rings (SSSR count). The van der Waals surface area contributed by atoms with Crippen molar-refractivity contribution in [2.75, 3.05) is 25.2 Å². The molecule has 0 N–H and O–H groups in total. The molecule has 168 valence electrons. The average molecular weight is 486 g/mol. The fourth-order valence-corrected chi connectivity index (χ4v) is 5.87. The van der Waals surface area contributed by atoms with Gasteiger partial charge >= 0.3 is 0 Å². The van der Waals surface area contributed by atoms with E-state index in [-0.39, 0.29) is 39.6 Å². The highest BCUT2D eigenvalue weighted by Crippen LogP contribution is 2.35. The maximum Gasteiger partial charge on any atom is 0.254 e. The highest BCUT2D eigenvalue weighted by atomic mass is 35.5. The molecule has 0 aromatic heterocycles. The van der Waals surface area contributed by atoms with E-state index in [4.69, 9.17) is 32.7 Å². The van der Waals surface area contributed by atoms with Crippen molar-refractivity contribution in [2.45, 2.75) is 32.4 Å². The van der Waals surface area contributed by atoms with Crippen molar-refractivity contribution in [3.8, 4) is 11.5 Å². The van der Waals surface area contributed by atoms with Gasteiger partial charge in [0.25, 0.3) is 5.91 Å². The third-order valence-corrected chi connectivity index (χ3v) is 7.40. The number of carbonyl (C=O) groups is 1. The fraction of sp³-hybridized carbons (Fsp3) is 0.409. The van der Waals surface area contributed by atoms with E-state index in [1.165, 1.54) is 12.1 Å². The van der Waals surface area contributed by atoms with Gasteiger partial charge in [-0.1, -0.05) is 42.3 Å². The van der Waals surface area contributed by atoms with Crippen LogP contribution in [0.5, 0.6) is 11.5 Å². The summed E-state index contributed by atoms with van der Waals surface area (Å²) in [4.78, 5) is 15.1. The Bertz CT molecular complexity index is 1030. The van der Waals surface area contributed by atoms with Crippen LogP contribution in [-0.4, -0.2) is 50.5 Å². The van der Waals surface area contributed by atoms with Crippen LogP contribution in [0.25, 0.3) is 0 Å². The number of ether oxygens (including phenoxy) is 2. The summed E-state index contributed by atoms with van der Waals surface area (Å²) in [6.07, 6.45) is 1.18. The minimum atomic E-state index is -3.19. The average Bonchev–Trinajstić information content (AvgIpc) is 3.10. The predicted octanol–water partition coefficient (Wildman–Crippen LogP) is 4.62. The molecule has 2 aromatic carbocycles. The fourth-order valence-electron chi connectivity index (χ4n) is 3.55. The van der Waals surface area contributed by atoms with Gasteiger partial charge in [0.15, 0.2) is 15.6 Å². The Morgan fingerprint density at radius 1 is 1.19 bits per heavy atom. The van der Waals surface area contributed by atoms with Crippen molar-refractivity contribution in [1.29, 1.82) is 0 Å². The van der Waals surface area contributed by atoms with E-state index >= 15 is 0 Å². The summed E-state index contributed by atoms with van der Waals surface area (Å²) in [6, 6.07) is 9.93. The van der Waals surface area contributed by atoms with Gasteiger partial charge < -0.3 is 14.4 Å². The highest BCUT2D eigenvalue weighted by Gasteiger charge is 2.35. The number of amides is 1. The number of sulfone groups is 1. The summed E-state index contributed by atoms with van der Waals surface area (Å²) in [5.74, 6) is 0.653. The van der Waals surface area contributed by atoms with E-state index < -0.39 is 15.9 Å². The van der Waals surface area contributed by atoms with Crippen molar-refractivity contribution in [2.24, 2.45) is 0 Å². The van der Waals surface area contributed by atoms with Gasteiger partial charge in [-0.15, -0.1) is 0 Å². The number of carbonyl (C=O) groups excluding carboxylic acids is 1. The van der Waals surface area contributed by atoms with E-state index in [0.29, 0.717) is 24.5 Å². The van der Waals surface area contributed by atoms with E-state index in [0.717, 1.165) is 12.0 Å². The van der Waals surface area contributed by atoms with Gasteiger partial charge in [-0.3, -0.25) is 4.79 Å². The third kappa shape index (κ3) is 5.84. The first-order chi connectivity index (χ1) is 14.7. The first-order valence-corrected chi connectivity index (χ1v) is 12.6. The molecule has 31 heavy (non-hydrogen) atoms. The SMILES string of the molecule is CCCOc1c(Cl)cc(C(=O)N(Cc2cccc(OC)c2)[C@H]2CCS(=O)(=O)C2)cc1Cl. The second-order valence-electron chi connectivity index (χ2n) is 7.46. The first kappa shape index (κ1) is 23.7. The van der Waals surface area contributed by atoms with Crippen LogP contribution in [0.15, 0.2) is 36.4 Å². The molecule has 6 nitrogen and oxygen atoms in total. The second-order valence-corrected chi connectivity index (χ2v) is 10.5. The molecule has 0 unspecified atom stereocenters. The first-order valence-electron chi connectivity index (χ1n) is 10.00. The van der Waals surface area contributed by atoms with Crippen molar-refractivity contribution in [1.82, 2.24) is 4.90 Å². The molecule has 0 spiro atoms. The largest absolute Gasteiger partial charge is 0.497 e. The summed E-state index contributed by atoms with van der Waals surface area (Å²) >= 11 is 12.7. The summed E-state index contributed by atoms with van der Waals surface area (Å²) in [5.41, 5.74) is 1.11. The molecule has 1 saturated heterocycles. The number of hydrogen-bond acceptors (Lipinski definition) is 5. The number of halogens is 2. The molecule has 1 amide bonds. The van der Waals surface area contributed by atoms with Gasteiger partial charge in [-0.25, -0.2) is 8.42 Å². The monoisotopic (exact) mass is 485 g/mol. The van der Waals surface area contributed by atoms with E-state index in [1.807, 2.05) is 31.2 Å². The topological polar surface area (TPSA) is 72.9 Å². The van der Waals surface area contributed by atoms with Crippen LogP contribution in [0, 0.1) is 0 Å². The summed E-state index contributed by atoms with van der Waals surface area (Å²) in [5, 5.41) is 0.481. The van der Waals surface area contributed by atoms with Crippen LogP contribution in [-0.2, 0) is 16.4 Å². The Hall–Kier alpha value is -1.96. The summed E-state index contributed by atoms with van der Waals surface area (Å²) < 4.78 is 35.0. The molecular formula is C22H25Cl2NO5S. The third-order valence-electron chi connectivity index (χ3n) is 5.09. The zero-order chi connectivity index (χ0) is 22.6. The van der Waals surface area contributed by atoms with Crippen LogP contribution in [0.3, 0.4) is 0 Å². The Kier molecular flexibility index (Phi) is 7.73. The zero-order valence-electron chi connectivity index (χ0n) is 17.4. The van der Waals surface area contributed by atoms with Crippen LogP contribution in [0.2, 0.25) is 10.0 Å². The molecule has 0 radical (unpaired) electrons. The van der Waals surface area contributed by atoms with Crippen LogP contribution < -0.4 is 9.47 Å². The smallest absolute Gasteiger partial charge is 0.254 e. The number of benzene rings is 2. The van der Waals surface area contributed by atoms with Gasteiger partial charge in [-0.05, 0) is 42.7 Å². The lowest BCUT2D eigenvalue weighted by Crippen LogP contribution is -2.40. The molecular weight excluding hydrogens is 461 g/mol. The van der Waals surface area contributed by atoms with Gasteiger partial charge in [0, 0.05) is 18.2 Å². The predicted molar refractivity (Wildman–Crippen MR) is 122 cm³/mol. The van der Waals surface area contributed by atoms with Crippen molar-refractivity contribution < 1.29 is 22.7 Å². The molecule has 0 aliphatic carbocycles. The lowest BCUT2D eigenvalue weighted by atomic mass is 10.1. The lowest BCUT2D eigenvalue weighted by molar-refractivity contribution is 0.0680.